The molecule has 0 saturated carbocycles. The summed E-state index contributed by atoms with van der Waals surface area (Å²) in [6, 6.07) is 5.68. The van der Waals surface area contributed by atoms with E-state index in [0.29, 0.717) is 0 Å². The molecule has 3 nitrogen and oxygen atoms in total. The van der Waals surface area contributed by atoms with Gasteiger partial charge in [0.25, 0.3) is 0 Å². The number of halogens is 1. The molecular formula is C10H11FO3. The molecule has 0 radical (unpaired) electrons. The number of rotatable bonds is 4. The van der Waals surface area contributed by atoms with Gasteiger partial charge in [0.05, 0.1) is 0 Å². The van der Waals surface area contributed by atoms with Crippen molar-refractivity contribution >= 4 is 5.97 Å². The minimum Gasteiger partial charge on any atom is -0.479 e. The van der Waals surface area contributed by atoms with Crippen molar-refractivity contribution in [3.05, 3.63) is 35.6 Å². The molecule has 0 bridgehead atoms. The summed E-state index contributed by atoms with van der Waals surface area (Å²) >= 11 is 0. The molecule has 1 atom stereocenters. The summed E-state index contributed by atoms with van der Waals surface area (Å²) in [5.74, 6) is -1.35. The van der Waals surface area contributed by atoms with Crippen LogP contribution in [0.2, 0.25) is 0 Å². The van der Waals surface area contributed by atoms with Crippen LogP contribution in [-0.2, 0) is 16.0 Å². The zero-order valence-electron chi connectivity index (χ0n) is 7.74. The van der Waals surface area contributed by atoms with Crippen LogP contribution in [0.3, 0.4) is 0 Å². The molecule has 0 heterocycles. The van der Waals surface area contributed by atoms with E-state index in [-0.39, 0.29) is 12.2 Å². The van der Waals surface area contributed by atoms with Crippen LogP contribution in [0.15, 0.2) is 24.3 Å². The number of hydrogen-bond acceptors (Lipinski definition) is 2. The Morgan fingerprint density at radius 1 is 1.50 bits per heavy atom. The highest BCUT2D eigenvalue weighted by Crippen LogP contribution is 2.07. The van der Waals surface area contributed by atoms with Gasteiger partial charge in [0.1, 0.15) is 5.82 Å². The zero-order chi connectivity index (χ0) is 10.6. The molecule has 0 aromatic heterocycles. The lowest BCUT2D eigenvalue weighted by molar-refractivity contribution is -0.148. The smallest absolute Gasteiger partial charge is 0.333 e. The van der Waals surface area contributed by atoms with Gasteiger partial charge in [-0.25, -0.2) is 9.18 Å². The second-order valence-electron chi connectivity index (χ2n) is 2.89. The molecule has 0 spiro atoms. The minimum absolute atomic E-state index is 0.242. The molecular weight excluding hydrogens is 187 g/mol. The van der Waals surface area contributed by atoms with Gasteiger partial charge < -0.3 is 9.84 Å². The number of benzene rings is 1. The third-order valence-electron chi connectivity index (χ3n) is 1.89. The van der Waals surface area contributed by atoms with Crippen LogP contribution in [0.5, 0.6) is 0 Å². The summed E-state index contributed by atoms with van der Waals surface area (Å²) in [6.07, 6.45) is -0.632. The fourth-order valence-corrected chi connectivity index (χ4v) is 1.11. The second-order valence-corrected chi connectivity index (χ2v) is 2.89. The van der Waals surface area contributed by atoms with Crippen molar-refractivity contribution in [2.75, 3.05) is 7.11 Å². The first kappa shape index (κ1) is 10.7. The van der Waals surface area contributed by atoms with Gasteiger partial charge in [-0.05, 0) is 17.7 Å². The molecule has 0 unspecified atom stereocenters. The third kappa shape index (κ3) is 2.81. The van der Waals surface area contributed by atoms with Crippen molar-refractivity contribution in [1.82, 2.24) is 0 Å². The van der Waals surface area contributed by atoms with Gasteiger partial charge in [-0.3, -0.25) is 0 Å². The Kier molecular flexibility index (Phi) is 3.59. The fraction of sp³-hybridized carbons (Fsp3) is 0.300. The summed E-state index contributed by atoms with van der Waals surface area (Å²) in [5.41, 5.74) is 0.737. The normalized spacial score (nSPS) is 12.4. The Labute approximate surface area is 81.1 Å². The molecule has 0 aliphatic heterocycles. The standard InChI is InChI=1S/C10H11FO3/c1-14-9(10(12)13)6-7-2-4-8(11)5-3-7/h2-5,9H,6H2,1H3,(H,12,13)/t9-/m0/s1. The van der Waals surface area contributed by atoms with Crippen molar-refractivity contribution < 1.29 is 19.0 Å². The van der Waals surface area contributed by atoms with E-state index in [1.807, 2.05) is 0 Å². The minimum atomic E-state index is -1.02. The number of carboxylic acid groups (broad SMARTS) is 1. The first-order valence-electron chi connectivity index (χ1n) is 4.13. The summed E-state index contributed by atoms with van der Waals surface area (Å²) < 4.78 is 17.3. The predicted molar refractivity (Wildman–Crippen MR) is 48.5 cm³/mol. The van der Waals surface area contributed by atoms with Crippen LogP contribution < -0.4 is 0 Å². The van der Waals surface area contributed by atoms with Crippen molar-refractivity contribution in [2.24, 2.45) is 0 Å². The van der Waals surface area contributed by atoms with E-state index >= 15 is 0 Å². The van der Waals surface area contributed by atoms with Gasteiger partial charge in [0, 0.05) is 13.5 Å². The largest absolute Gasteiger partial charge is 0.479 e. The molecule has 76 valence electrons. The molecule has 14 heavy (non-hydrogen) atoms. The topological polar surface area (TPSA) is 46.5 Å². The highest BCUT2D eigenvalue weighted by molar-refractivity contribution is 5.72. The first-order chi connectivity index (χ1) is 6.63. The summed E-state index contributed by atoms with van der Waals surface area (Å²) in [4.78, 5) is 10.6. The van der Waals surface area contributed by atoms with Crippen LogP contribution in [0.1, 0.15) is 5.56 Å². The molecule has 0 aliphatic carbocycles. The van der Waals surface area contributed by atoms with E-state index < -0.39 is 12.1 Å². The lowest BCUT2D eigenvalue weighted by Crippen LogP contribution is -2.24. The maximum Gasteiger partial charge on any atom is 0.333 e. The monoisotopic (exact) mass is 198 g/mol. The van der Waals surface area contributed by atoms with E-state index in [1.54, 1.807) is 12.1 Å². The van der Waals surface area contributed by atoms with Crippen molar-refractivity contribution in [2.45, 2.75) is 12.5 Å². The zero-order valence-corrected chi connectivity index (χ0v) is 7.74. The number of aliphatic carboxylic acids is 1. The fourth-order valence-electron chi connectivity index (χ4n) is 1.11. The average molecular weight is 198 g/mol. The summed E-state index contributed by atoms with van der Waals surface area (Å²) in [7, 11) is 1.34. The molecule has 1 aromatic rings. The molecule has 0 aliphatic rings. The van der Waals surface area contributed by atoms with Crippen LogP contribution in [0.25, 0.3) is 0 Å². The highest BCUT2D eigenvalue weighted by atomic mass is 19.1. The number of hydrogen-bond donors (Lipinski definition) is 1. The Morgan fingerprint density at radius 3 is 2.50 bits per heavy atom. The lowest BCUT2D eigenvalue weighted by Gasteiger charge is -2.09. The van der Waals surface area contributed by atoms with Gasteiger partial charge in [-0.15, -0.1) is 0 Å². The molecule has 0 saturated heterocycles. The maximum absolute atomic E-state index is 12.5. The Balaban J connectivity index is 2.67. The van der Waals surface area contributed by atoms with Crippen LogP contribution in [0.4, 0.5) is 4.39 Å². The van der Waals surface area contributed by atoms with E-state index in [0.717, 1.165) is 5.56 Å². The van der Waals surface area contributed by atoms with Gasteiger partial charge in [-0.2, -0.15) is 0 Å². The number of carbonyl (C=O) groups is 1. The van der Waals surface area contributed by atoms with Crippen molar-refractivity contribution in [1.29, 1.82) is 0 Å². The summed E-state index contributed by atoms with van der Waals surface area (Å²) in [6.45, 7) is 0. The number of methoxy groups -OCH3 is 1. The Hall–Kier alpha value is -1.42. The van der Waals surface area contributed by atoms with E-state index in [9.17, 15) is 9.18 Å². The SMILES string of the molecule is CO[C@@H](Cc1ccc(F)cc1)C(=O)O. The Morgan fingerprint density at radius 2 is 2.07 bits per heavy atom. The molecule has 0 amide bonds. The van der Waals surface area contributed by atoms with E-state index in [4.69, 9.17) is 9.84 Å². The third-order valence-corrected chi connectivity index (χ3v) is 1.89. The van der Waals surface area contributed by atoms with Gasteiger partial charge in [-0.1, -0.05) is 12.1 Å². The van der Waals surface area contributed by atoms with Gasteiger partial charge >= 0.3 is 5.97 Å². The number of ether oxygens (including phenoxy) is 1. The van der Waals surface area contributed by atoms with Gasteiger partial charge in [0.15, 0.2) is 6.10 Å². The average Bonchev–Trinajstić information content (AvgIpc) is 2.16. The lowest BCUT2D eigenvalue weighted by atomic mass is 10.1. The van der Waals surface area contributed by atoms with Crippen LogP contribution >= 0.6 is 0 Å². The molecule has 1 N–H and O–H groups in total. The predicted octanol–water partition coefficient (Wildman–Crippen LogP) is 1.47. The van der Waals surface area contributed by atoms with E-state index in [2.05, 4.69) is 0 Å². The van der Waals surface area contributed by atoms with Gasteiger partial charge in [0.2, 0.25) is 0 Å². The molecule has 1 rings (SSSR count). The first-order valence-corrected chi connectivity index (χ1v) is 4.13. The number of carboxylic acids is 1. The van der Waals surface area contributed by atoms with Crippen molar-refractivity contribution in [3.63, 3.8) is 0 Å². The second kappa shape index (κ2) is 4.72. The summed E-state index contributed by atoms with van der Waals surface area (Å²) in [5, 5.41) is 8.69. The molecule has 0 fully saturated rings. The highest BCUT2D eigenvalue weighted by Gasteiger charge is 2.16. The van der Waals surface area contributed by atoms with Crippen LogP contribution in [0, 0.1) is 5.82 Å². The Bertz CT molecular complexity index is 308. The van der Waals surface area contributed by atoms with E-state index in [1.165, 1.54) is 19.2 Å². The van der Waals surface area contributed by atoms with Crippen LogP contribution in [-0.4, -0.2) is 24.3 Å². The van der Waals surface area contributed by atoms with Crippen molar-refractivity contribution in [3.8, 4) is 0 Å². The quantitative estimate of drug-likeness (QED) is 0.796. The molecule has 4 heteroatoms. The maximum atomic E-state index is 12.5. The molecule has 1 aromatic carbocycles.